The molecule has 2 aromatic heterocycles. The zero-order valence-electron chi connectivity index (χ0n) is 20.4. The number of nitrogens with one attached hydrogen (secondary N) is 1. The number of carbonyl (C=O) groups is 1. The molecule has 4 aliphatic rings. The van der Waals surface area contributed by atoms with Crippen LogP contribution in [-0.4, -0.2) is 58.2 Å². The standard InChI is InChI=1S/C26H38N4O3S/c1-18-22-16-23(34-25(22)30(28-18)21-6-3-2-4-7-21)24(31)27-19-8-10-20(11-9-19)29-14-13-26(17-33-29)12-5-15-32-26/h16,19-21H,2-15,17H2,1H3,(H,27,31)/t19-,20-,26?. The van der Waals surface area contributed by atoms with Crippen LogP contribution in [0.2, 0.25) is 0 Å². The Balaban J connectivity index is 1.04. The quantitative estimate of drug-likeness (QED) is 0.648. The number of hydroxylamine groups is 2. The second-order valence-electron chi connectivity index (χ2n) is 10.9. The molecule has 4 fully saturated rings. The van der Waals surface area contributed by atoms with Crippen molar-refractivity contribution in [3.63, 3.8) is 0 Å². The van der Waals surface area contributed by atoms with Gasteiger partial charge in [-0.1, -0.05) is 19.3 Å². The number of nitrogens with zero attached hydrogens (tertiary/aromatic N) is 3. The number of rotatable bonds is 4. The van der Waals surface area contributed by atoms with Crippen molar-refractivity contribution in [2.75, 3.05) is 19.8 Å². The highest BCUT2D eigenvalue weighted by atomic mass is 32.1. The van der Waals surface area contributed by atoms with E-state index in [1.165, 1.54) is 36.9 Å². The van der Waals surface area contributed by atoms with E-state index in [1.54, 1.807) is 11.3 Å². The summed E-state index contributed by atoms with van der Waals surface area (Å²) in [4.78, 5) is 21.3. The Hall–Kier alpha value is -1.48. The van der Waals surface area contributed by atoms with Gasteiger partial charge in [0, 0.05) is 30.6 Å². The van der Waals surface area contributed by atoms with Gasteiger partial charge in [-0.25, -0.2) is 0 Å². The first-order chi connectivity index (χ1) is 16.6. The minimum absolute atomic E-state index is 0.0156. The van der Waals surface area contributed by atoms with E-state index in [0.717, 1.165) is 74.1 Å². The summed E-state index contributed by atoms with van der Waals surface area (Å²) in [6, 6.07) is 3.26. The van der Waals surface area contributed by atoms with Gasteiger partial charge in [-0.3, -0.25) is 14.3 Å². The Bertz CT molecular complexity index is 1000. The van der Waals surface area contributed by atoms with Crippen LogP contribution in [0.5, 0.6) is 0 Å². The molecular formula is C26H38N4O3S. The fourth-order valence-electron chi connectivity index (χ4n) is 6.53. The lowest BCUT2D eigenvalue weighted by atomic mass is 9.89. The second kappa shape index (κ2) is 9.52. The molecule has 7 nitrogen and oxygen atoms in total. The van der Waals surface area contributed by atoms with Crippen LogP contribution in [0.3, 0.4) is 0 Å². The number of hydrogen-bond donors (Lipinski definition) is 1. The van der Waals surface area contributed by atoms with Gasteiger partial charge in [0.25, 0.3) is 5.91 Å². The number of fused-ring (bicyclic) bond motifs is 1. The van der Waals surface area contributed by atoms with Gasteiger partial charge in [-0.05, 0) is 70.8 Å². The van der Waals surface area contributed by atoms with Gasteiger partial charge >= 0.3 is 0 Å². The van der Waals surface area contributed by atoms with E-state index >= 15 is 0 Å². The average Bonchev–Trinajstić information content (AvgIpc) is 3.58. The van der Waals surface area contributed by atoms with Crippen LogP contribution >= 0.6 is 11.3 Å². The van der Waals surface area contributed by atoms with E-state index in [2.05, 4.69) is 28.1 Å². The lowest BCUT2D eigenvalue weighted by Crippen LogP contribution is -2.51. The third-order valence-corrected chi connectivity index (χ3v) is 9.74. The summed E-state index contributed by atoms with van der Waals surface area (Å²) in [5.41, 5.74) is 1.03. The maximum Gasteiger partial charge on any atom is 0.261 e. The largest absolute Gasteiger partial charge is 0.372 e. The zero-order chi connectivity index (χ0) is 23.1. The van der Waals surface area contributed by atoms with Crippen LogP contribution in [0.15, 0.2) is 6.07 Å². The lowest BCUT2D eigenvalue weighted by Gasteiger charge is -2.43. The molecule has 0 bridgehead atoms. The fraction of sp³-hybridized carbons (Fsp3) is 0.769. The molecule has 2 aliphatic carbocycles. The summed E-state index contributed by atoms with van der Waals surface area (Å²) in [6.07, 6.45) is 13.8. The van der Waals surface area contributed by atoms with Crippen LogP contribution in [-0.2, 0) is 9.57 Å². The van der Waals surface area contributed by atoms with Crippen molar-refractivity contribution in [1.29, 1.82) is 0 Å². The highest BCUT2D eigenvalue weighted by Gasteiger charge is 2.41. The Morgan fingerprint density at radius 2 is 1.91 bits per heavy atom. The predicted octanol–water partition coefficient (Wildman–Crippen LogP) is 5.14. The third kappa shape index (κ3) is 4.43. The van der Waals surface area contributed by atoms with Gasteiger partial charge in [0.1, 0.15) is 4.83 Å². The molecule has 0 aromatic carbocycles. The molecule has 34 heavy (non-hydrogen) atoms. The highest BCUT2D eigenvalue weighted by molar-refractivity contribution is 7.20. The summed E-state index contributed by atoms with van der Waals surface area (Å²) >= 11 is 1.62. The number of aryl methyl sites for hydroxylation is 1. The molecule has 2 saturated heterocycles. The number of ether oxygens (including phenoxy) is 1. The molecular weight excluding hydrogens is 448 g/mol. The second-order valence-corrected chi connectivity index (χ2v) is 12.0. The summed E-state index contributed by atoms with van der Waals surface area (Å²) < 4.78 is 8.20. The maximum atomic E-state index is 13.1. The van der Waals surface area contributed by atoms with E-state index in [0.29, 0.717) is 18.7 Å². The molecule has 1 unspecified atom stereocenters. The molecule has 1 amide bonds. The van der Waals surface area contributed by atoms with Gasteiger partial charge in [-0.15, -0.1) is 11.3 Å². The van der Waals surface area contributed by atoms with Crippen molar-refractivity contribution in [3.05, 3.63) is 16.6 Å². The van der Waals surface area contributed by atoms with Crippen LogP contribution in [0.4, 0.5) is 0 Å². The average molecular weight is 487 g/mol. The Labute approximate surface area is 206 Å². The number of amides is 1. The minimum atomic E-state index is -0.0156. The van der Waals surface area contributed by atoms with Crippen molar-refractivity contribution in [1.82, 2.24) is 20.2 Å². The van der Waals surface area contributed by atoms with Crippen molar-refractivity contribution in [2.24, 2.45) is 0 Å². The Morgan fingerprint density at radius 1 is 1.09 bits per heavy atom. The van der Waals surface area contributed by atoms with E-state index in [4.69, 9.17) is 14.7 Å². The zero-order valence-corrected chi connectivity index (χ0v) is 21.2. The van der Waals surface area contributed by atoms with E-state index in [1.807, 2.05) is 0 Å². The molecule has 8 heteroatoms. The van der Waals surface area contributed by atoms with Crippen molar-refractivity contribution < 1.29 is 14.4 Å². The SMILES string of the molecule is Cc1nn(C2CCCCC2)c2sc(C(=O)N[C@H]3CC[C@H](N4CCC5(CCCO5)CO4)CC3)cc12. The van der Waals surface area contributed by atoms with Gasteiger partial charge in [0.15, 0.2) is 0 Å². The molecule has 2 aliphatic heterocycles. The van der Waals surface area contributed by atoms with Crippen LogP contribution in [0.1, 0.15) is 98.5 Å². The lowest BCUT2D eigenvalue weighted by molar-refractivity contribution is -0.262. The van der Waals surface area contributed by atoms with E-state index in [9.17, 15) is 4.79 Å². The molecule has 1 atom stereocenters. The number of hydrogen-bond acceptors (Lipinski definition) is 6. The molecule has 4 heterocycles. The molecule has 0 radical (unpaired) electrons. The maximum absolute atomic E-state index is 13.1. The Morgan fingerprint density at radius 3 is 2.62 bits per heavy atom. The first-order valence-corrected chi connectivity index (χ1v) is 14.2. The normalized spacial score (nSPS) is 31.4. The number of aromatic nitrogens is 2. The van der Waals surface area contributed by atoms with Gasteiger partial charge < -0.3 is 10.1 Å². The van der Waals surface area contributed by atoms with Gasteiger partial charge in [0.2, 0.25) is 0 Å². The molecule has 2 saturated carbocycles. The summed E-state index contributed by atoms with van der Waals surface area (Å²) in [5.74, 6) is 0.0776. The summed E-state index contributed by atoms with van der Waals surface area (Å²) in [5, 5.41) is 11.5. The van der Waals surface area contributed by atoms with E-state index < -0.39 is 0 Å². The van der Waals surface area contributed by atoms with Crippen LogP contribution < -0.4 is 5.32 Å². The van der Waals surface area contributed by atoms with Crippen molar-refractivity contribution >= 4 is 27.5 Å². The molecule has 6 rings (SSSR count). The number of carbonyl (C=O) groups excluding carboxylic acids is 1. The van der Waals surface area contributed by atoms with Crippen LogP contribution in [0.25, 0.3) is 10.2 Å². The van der Waals surface area contributed by atoms with E-state index in [-0.39, 0.29) is 17.6 Å². The summed E-state index contributed by atoms with van der Waals surface area (Å²) in [6.45, 7) is 4.61. The number of thiophene rings is 1. The highest BCUT2D eigenvalue weighted by Crippen LogP contribution is 2.37. The molecule has 186 valence electrons. The topological polar surface area (TPSA) is 68.6 Å². The fourth-order valence-corrected chi connectivity index (χ4v) is 7.66. The molecule has 2 aromatic rings. The minimum Gasteiger partial charge on any atom is -0.372 e. The molecule has 1 N–H and O–H groups in total. The smallest absolute Gasteiger partial charge is 0.261 e. The Kier molecular flexibility index (Phi) is 6.43. The third-order valence-electron chi connectivity index (χ3n) is 8.62. The van der Waals surface area contributed by atoms with Gasteiger partial charge in [-0.2, -0.15) is 10.2 Å². The summed E-state index contributed by atoms with van der Waals surface area (Å²) in [7, 11) is 0. The monoisotopic (exact) mass is 486 g/mol. The van der Waals surface area contributed by atoms with Gasteiger partial charge in [0.05, 0.1) is 28.8 Å². The van der Waals surface area contributed by atoms with Crippen molar-refractivity contribution in [3.8, 4) is 0 Å². The van der Waals surface area contributed by atoms with Crippen LogP contribution in [0, 0.1) is 6.92 Å². The first-order valence-electron chi connectivity index (χ1n) is 13.4. The predicted molar refractivity (Wildman–Crippen MR) is 133 cm³/mol. The molecule has 1 spiro atoms. The first kappa shape index (κ1) is 23.0. The van der Waals surface area contributed by atoms with Crippen molar-refractivity contribution in [2.45, 2.75) is 108 Å².